The summed E-state index contributed by atoms with van der Waals surface area (Å²) in [6.45, 7) is 1.66. The molecule has 0 bridgehead atoms. The molecular formula is C19H26N2O6. The molecule has 8 heteroatoms. The SMILES string of the molecule is CCOc1cc(C(=O)NC2CCC(C(=O)NC)CC2)ccc1OCC(=O)O. The molecule has 3 N–H and O–H groups in total. The molecule has 1 aromatic carbocycles. The smallest absolute Gasteiger partial charge is 0.341 e. The Hall–Kier alpha value is -2.77. The van der Waals surface area contributed by atoms with Gasteiger partial charge in [-0.25, -0.2) is 4.79 Å². The minimum Gasteiger partial charge on any atom is -0.490 e. The summed E-state index contributed by atoms with van der Waals surface area (Å²) in [6, 6.07) is 4.68. The number of carbonyl (C=O) groups excluding carboxylic acids is 2. The number of rotatable bonds is 8. The highest BCUT2D eigenvalue weighted by molar-refractivity contribution is 5.95. The average Bonchev–Trinajstić information content (AvgIpc) is 2.67. The Labute approximate surface area is 158 Å². The summed E-state index contributed by atoms with van der Waals surface area (Å²) in [5.74, 6) is -0.649. The fourth-order valence-corrected chi connectivity index (χ4v) is 3.15. The molecule has 1 aliphatic rings. The van der Waals surface area contributed by atoms with Gasteiger partial charge < -0.3 is 25.2 Å². The minimum absolute atomic E-state index is 0.0124. The lowest BCUT2D eigenvalue weighted by atomic mass is 9.85. The van der Waals surface area contributed by atoms with Gasteiger partial charge in [-0.3, -0.25) is 9.59 Å². The number of carboxylic acid groups (broad SMARTS) is 1. The van der Waals surface area contributed by atoms with Crippen LogP contribution in [0.25, 0.3) is 0 Å². The lowest BCUT2D eigenvalue weighted by Crippen LogP contribution is -2.40. The number of carbonyl (C=O) groups is 3. The number of hydrogen-bond donors (Lipinski definition) is 3. The number of nitrogens with one attached hydrogen (secondary N) is 2. The van der Waals surface area contributed by atoms with E-state index < -0.39 is 12.6 Å². The Balaban J connectivity index is 1.98. The lowest BCUT2D eigenvalue weighted by Gasteiger charge is -2.28. The molecule has 148 valence electrons. The predicted molar refractivity (Wildman–Crippen MR) is 98.0 cm³/mol. The quantitative estimate of drug-likeness (QED) is 0.633. The number of benzene rings is 1. The highest BCUT2D eigenvalue weighted by Crippen LogP contribution is 2.29. The number of aliphatic carboxylic acids is 1. The van der Waals surface area contributed by atoms with Crippen molar-refractivity contribution in [1.82, 2.24) is 10.6 Å². The van der Waals surface area contributed by atoms with Crippen molar-refractivity contribution in [3.05, 3.63) is 23.8 Å². The van der Waals surface area contributed by atoms with Crippen LogP contribution >= 0.6 is 0 Å². The van der Waals surface area contributed by atoms with Gasteiger partial charge in [0.1, 0.15) is 0 Å². The third-order valence-electron chi connectivity index (χ3n) is 4.54. The predicted octanol–water partition coefficient (Wildman–Crippen LogP) is 1.58. The molecule has 0 aliphatic heterocycles. The van der Waals surface area contributed by atoms with Crippen molar-refractivity contribution in [3.8, 4) is 11.5 Å². The fraction of sp³-hybridized carbons (Fsp3) is 0.526. The molecule has 1 fully saturated rings. The van der Waals surface area contributed by atoms with Crippen LogP contribution in [-0.2, 0) is 9.59 Å². The molecule has 0 radical (unpaired) electrons. The summed E-state index contributed by atoms with van der Waals surface area (Å²) in [6.07, 6.45) is 3.00. The van der Waals surface area contributed by atoms with Crippen molar-refractivity contribution in [2.24, 2.45) is 5.92 Å². The van der Waals surface area contributed by atoms with Crippen molar-refractivity contribution in [3.63, 3.8) is 0 Å². The number of carboxylic acids is 1. The van der Waals surface area contributed by atoms with Gasteiger partial charge in [-0.1, -0.05) is 0 Å². The molecule has 0 heterocycles. The van der Waals surface area contributed by atoms with Crippen LogP contribution in [0.2, 0.25) is 0 Å². The van der Waals surface area contributed by atoms with Crippen LogP contribution in [-0.4, -0.2) is 49.2 Å². The van der Waals surface area contributed by atoms with E-state index in [2.05, 4.69) is 10.6 Å². The normalized spacial score (nSPS) is 19.0. The van der Waals surface area contributed by atoms with Gasteiger partial charge in [0.2, 0.25) is 5.91 Å². The molecule has 1 saturated carbocycles. The molecule has 2 amide bonds. The van der Waals surface area contributed by atoms with E-state index in [0.29, 0.717) is 17.9 Å². The Morgan fingerprint density at radius 3 is 2.41 bits per heavy atom. The van der Waals surface area contributed by atoms with Gasteiger partial charge in [0.25, 0.3) is 5.91 Å². The second-order valence-electron chi connectivity index (χ2n) is 6.41. The second kappa shape index (κ2) is 9.80. The summed E-state index contributed by atoms with van der Waals surface area (Å²) in [7, 11) is 1.63. The van der Waals surface area contributed by atoms with Crippen LogP contribution in [0.3, 0.4) is 0 Å². The third-order valence-corrected chi connectivity index (χ3v) is 4.54. The van der Waals surface area contributed by atoms with E-state index in [1.807, 2.05) is 0 Å². The van der Waals surface area contributed by atoms with E-state index in [-0.39, 0.29) is 29.5 Å². The van der Waals surface area contributed by atoms with Gasteiger partial charge in [-0.2, -0.15) is 0 Å². The minimum atomic E-state index is -1.09. The first-order chi connectivity index (χ1) is 12.9. The van der Waals surface area contributed by atoms with Gasteiger partial charge in [-0.15, -0.1) is 0 Å². The second-order valence-corrected chi connectivity index (χ2v) is 6.41. The van der Waals surface area contributed by atoms with Crippen LogP contribution in [0.1, 0.15) is 43.0 Å². The first-order valence-electron chi connectivity index (χ1n) is 9.08. The largest absolute Gasteiger partial charge is 0.490 e. The number of ether oxygens (including phenoxy) is 2. The molecule has 0 spiro atoms. The maximum Gasteiger partial charge on any atom is 0.341 e. The van der Waals surface area contributed by atoms with Gasteiger partial charge in [0, 0.05) is 24.6 Å². The van der Waals surface area contributed by atoms with Gasteiger partial charge in [-0.05, 0) is 50.8 Å². The van der Waals surface area contributed by atoms with Crippen molar-refractivity contribution in [1.29, 1.82) is 0 Å². The molecule has 1 aromatic rings. The highest BCUT2D eigenvalue weighted by atomic mass is 16.5. The molecule has 0 saturated heterocycles. The van der Waals surface area contributed by atoms with Gasteiger partial charge in [0.15, 0.2) is 18.1 Å². The van der Waals surface area contributed by atoms with E-state index in [4.69, 9.17) is 14.6 Å². The Bertz CT molecular complexity index is 683. The summed E-state index contributed by atoms with van der Waals surface area (Å²) in [5.41, 5.74) is 0.412. The standard InChI is InChI=1S/C19H26N2O6/c1-3-26-16-10-13(6-9-15(16)27-11-17(22)23)19(25)21-14-7-4-12(5-8-14)18(24)20-2/h6,9-10,12,14H,3-5,7-8,11H2,1-2H3,(H,20,24)(H,21,25)(H,22,23). The zero-order chi connectivity index (χ0) is 19.8. The molecule has 0 atom stereocenters. The zero-order valence-corrected chi connectivity index (χ0v) is 15.6. The molecule has 1 aliphatic carbocycles. The first-order valence-corrected chi connectivity index (χ1v) is 9.08. The maximum atomic E-state index is 12.5. The summed E-state index contributed by atoms with van der Waals surface area (Å²) < 4.78 is 10.6. The van der Waals surface area contributed by atoms with E-state index in [9.17, 15) is 14.4 Å². The fourth-order valence-electron chi connectivity index (χ4n) is 3.15. The number of amides is 2. The lowest BCUT2D eigenvalue weighted by molar-refractivity contribution is -0.139. The maximum absolute atomic E-state index is 12.5. The number of hydrogen-bond acceptors (Lipinski definition) is 5. The summed E-state index contributed by atoms with van der Waals surface area (Å²) >= 11 is 0. The molecule has 2 rings (SSSR count). The highest BCUT2D eigenvalue weighted by Gasteiger charge is 2.26. The van der Waals surface area contributed by atoms with Crippen molar-refractivity contribution < 1.29 is 29.0 Å². The third kappa shape index (κ3) is 5.87. The van der Waals surface area contributed by atoms with Gasteiger partial charge >= 0.3 is 5.97 Å². The van der Waals surface area contributed by atoms with E-state index in [0.717, 1.165) is 25.7 Å². The molecule has 27 heavy (non-hydrogen) atoms. The Morgan fingerprint density at radius 2 is 1.81 bits per heavy atom. The molecule has 0 aromatic heterocycles. The van der Waals surface area contributed by atoms with Crippen LogP contribution in [0.5, 0.6) is 11.5 Å². The van der Waals surface area contributed by atoms with Crippen LogP contribution in [0.4, 0.5) is 0 Å². The Morgan fingerprint density at radius 1 is 1.11 bits per heavy atom. The first kappa shape index (κ1) is 20.5. The van der Waals surface area contributed by atoms with Crippen LogP contribution in [0.15, 0.2) is 18.2 Å². The molecule has 0 unspecified atom stereocenters. The van der Waals surface area contributed by atoms with Crippen molar-refractivity contribution >= 4 is 17.8 Å². The van der Waals surface area contributed by atoms with Crippen LogP contribution in [0, 0.1) is 5.92 Å². The van der Waals surface area contributed by atoms with E-state index >= 15 is 0 Å². The average molecular weight is 378 g/mol. The Kier molecular flexibility index (Phi) is 7.45. The van der Waals surface area contributed by atoms with Gasteiger partial charge in [0.05, 0.1) is 6.61 Å². The monoisotopic (exact) mass is 378 g/mol. The van der Waals surface area contributed by atoms with E-state index in [1.165, 1.54) is 6.07 Å². The molecule has 8 nitrogen and oxygen atoms in total. The summed E-state index contributed by atoms with van der Waals surface area (Å²) in [5, 5.41) is 14.4. The van der Waals surface area contributed by atoms with E-state index in [1.54, 1.807) is 26.1 Å². The van der Waals surface area contributed by atoms with Crippen LogP contribution < -0.4 is 20.1 Å². The summed E-state index contributed by atoms with van der Waals surface area (Å²) in [4.78, 5) is 34.9. The topological polar surface area (TPSA) is 114 Å². The molecular weight excluding hydrogens is 352 g/mol. The zero-order valence-electron chi connectivity index (χ0n) is 15.6. The van der Waals surface area contributed by atoms with Crippen molar-refractivity contribution in [2.45, 2.75) is 38.6 Å². The van der Waals surface area contributed by atoms with Crippen molar-refractivity contribution in [2.75, 3.05) is 20.3 Å².